The number of halogens is 2. The van der Waals surface area contributed by atoms with Crippen LogP contribution in [0.1, 0.15) is 16.7 Å². The molecule has 0 aromatic heterocycles. The molecule has 0 fully saturated rings. The first-order valence-electron chi connectivity index (χ1n) is 8.69. The van der Waals surface area contributed by atoms with Crippen LogP contribution in [-0.2, 0) is 24.3 Å². The molecule has 0 saturated carbocycles. The summed E-state index contributed by atoms with van der Waals surface area (Å²) in [5, 5.41) is 6.99. The maximum absolute atomic E-state index is 12.5. The van der Waals surface area contributed by atoms with Gasteiger partial charge in [0, 0.05) is 31.7 Å². The van der Waals surface area contributed by atoms with Gasteiger partial charge in [0.1, 0.15) is 0 Å². The van der Waals surface area contributed by atoms with Crippen LogP contribution in [0.25, 0.3) is 0 Å². The van der Waals surface area contributed by atoms with Crippen LogP contribution in [-0.4, -0.2) is 36.9 Å². The molecular formula is C20H24ClIN4O. The highest BCUT2D eigenvalue weighted by molar-refractivity contribution is 14.0. The summed E-state index contributed by atoms with van der Waals surface area (Å²) in [5.41, 5.74) is 3.62. The van der Waals surface area contributed by atoms with E-state index in [0.717, 1.165) is 18.5 Å². The number of fused-ring (bicyclic) bond motifs is 1. The third kappa shape index (κ3) is 6.10. The highest BCUT2D eigenvalue weighted by Gasteiger charge is 2.20. The van der Waals surface area contributed by atoms with Crippen molar-refractivity contribution in [3.8, 4) is 0 Å². The summed E-state index contributed by atoms with van der Waals surface area (Å²) in [6.45, 7) is 2.24. The Bertz CT molecular complexity index is 812. The van der Waals surface area contributed by atoms with Crippen molar-refractivity contribution in [1.82, 2.24) is 15.5 Å². The van der Waals surface area contributed by atoms with Crippen molar-refractivity contribution in [1.29, 1.82) is 0 Å². The molecule has 5 nitrogen and oxygen atoms in total. The zero-order valence-corrected chi connectivity index (χ0v) is 18.3. The number of nitrogens with zero attached hydrogens (tertiary/aromatic N) is 2. The summed E-state index contributed by atoms with van der Waals surface area (Å²) >= 11 is 5.99. The Morgan fingerprint density at radius 3 is 2.67 bits per heavy atom. The predicted molar refractivity (Wildman–Crippen MR) is 121 cm³/mol. The van der Waals surface area contributed by atoms with Crippen LogP contribution in [0.3, 0.4) is 0 Å². The SMILES string of the molecule is CN=C(NCC(=O)N1CCc2ccccc2C1)NCc1cccc(Cl)c1.I. The summed E-state index contributed by atoms with van der Waals surface area (Å²) < 4.78 is 0. The van der Waals surface area contributed by atoms with Gasteiger partial charge >= 0.3 is 0 Å². The van der Waals surface area contributed by atoms with Crippen molar-refractivity contribution in [2.75, 3.05) is 20.1 Å². The Morgan fingerprint density at radius 1 is 1.15 bits per heavy atom. The molecule has 2 N–H and O–H groups in total. The number of guanidine groups is 1. The predicted octanol–water partition coefficient (Wildman–Crippen LogP) is 3.21. The average molecular weight is 499 g/mol. The van der Waals surface area contributed by atoms with E-state index >= 15 is 0 Å². The van der Waals surface area contributed by atoms with Crippen LogP contribution in [0.2, 0.25) is 5.02 Å². The Kier molecular flexibility index (Phi) is 8.37. The molecule has 0 spiro atoms. The van der Waals surface area contributed by atoms with E-state index in [1.807, 2.05) is 41.3 Å². The lowest BCUT2D eigenvalue weighted by Crippen LogP contribution is -2.45. The summed E-state index contributed by atoms with van der Waals surface area (Å²) in [6.07, 6.45) is 0.906. The van der Waals surface area contributed by atoms with Gasteiger partial charge < -0.3 is 15.5 Å². The lowest BCUT2D eigenvalue weighted by atomic mass is 10.00. The van der Waals surface area contributed by atoms with Gasteiger partial charge in [-0.15, -0.1) is 24.0 Å². The molecule has 144 valence electrons. The van der Waals surface area contributed by atoms with E-state index in [9.17, 15) is 4.79 Å². The van der Waals surface area contributed by atoms with Crippen LogP contribution < -0.4 is 10.6 Å². The van der Waals surface area contributed by atoms with Gasteiger partial charge in [-0.2, -0.15) is 0 Å². The summed E-state index contributed by atoms with van der Waals surface area (Å²) in [6, 6.07) is 15.9. The molecule has 1 aliphatic rings. The van der Waals surface area contributed by atoms with Gasteiger partial charge in [0.2, 0.25) is 5.91 Å². The van der Waals surface area contributed by atoms with Crippen LogP contribution in [0.4, 0.5) is 0 Å². The molecule has 1 amide bonds. The maximum atomic E-state index is 12.5. The van der Waals surface area contributed by atoms with Gasteiger partial charge in [-0.05, 0) is 35.2 Å². The van der Waals surface area contributed by atoms with Crippen LogP contribution in [0.15, 0.2) is 53.5 Å². The van der Waals surface area contributed by atoms with Crippen LogP contribution in [0.5, 0.6) is 0 Å². The van der Waals surface area contributed by atoms with Gasteiger partial charge in [-0.25, -0.2) is 0 Å². The van der Waals surface area contributed by atoms with Crippen molar-refractivity contribution in [2.45, 2.75) is 19.5 Å². The number of amides is 1. The largest absolute Gasteiger partial charge is 0.352 e. The van der Waals surface area contributed by atoms with Crippen molar-refractivity contribution in [3.05, 3.63) is 70.2 Å². The molecule has 0 saturated heterocycles. The molecule has 2 aromatic carbocycles. The number of aliphatic imine (C=N–C) groups is 1. The molecule has 3 rings (SSSR count). The Labute approximate surface area is 182 Å². The zero-order chi connectivity index (χ0) is 18.4. The fourth-order valence-corrected chi connectivity index (χ4v) is 3.25. The standard InChI is InChI=1S/C20H23ClN4O.HI/c1-22-20(23-12-15-5-4-8-18(21)11-15)24-13-19(26)25-10-9-16-6-2-3-7-17(16)14-25;/h2-8,11H,9-10,12-14H2,1H3,(H2,22,23,24);1H. The van der Waals surface area contributed by atoms with E-state index < -0.39 is 0 Å². The lowest BCUT2D eigenvalue weighted by molar-refractivity contribution is -0.130. The van der Waals surface area contributed by atoms with E-state index in [1.54, 1.807) is 7.05 Å². The van der Waals surface area contributed by atoms with Crippen LogP contribution in [0, 0.1) is 0 Å². The van der Waals surface area contributed by atoms with Gasteiger partial charge in [0.15, 0.2) is 5.96 Å². The highest BCUT2D eigenvalue weighted by atomic mass is 127. The molecule has 1 aliphatic heterocycles. The number of carbonyl (C=O) groups is 1. The van der Waals surface area contributed by atoms with E-state index in [2.05, 4.69) is 27.8 Å². The topological polar surface area (TPSA) is 56.7 Å². The lowest BCUT2D eigenvalue weighted by Gasteiger charge is -2.29. The van der Waals surface area contributed by atoms with Crippen molar-refractivity contribution in [2.24, 2.45) is 4.99 Å². The fourth-order valence-electron chi connectivity index (χ4n) is 3.03. The molecule has 0 bridgehead atoms. The van der Waals surface area contributed by atoms with Gasteiger partial charge in [-0.3, -0.25) is 9.79 Å². The number of carbonyl (C=O) groups excluding carboxylic acids is 1. The fraction of sp³-hybridized carbons (Fsp3) is 0.300. The zero-order valence-electron chi connectivity index (χ0n) is 15.2. The molecule has 27 heavy (non-hydrogen) atoms. The molecule has 1 heterocycles. The van der Waals surface area contributed by atoms with Crippen molar-refractivity contribution < 1.29 is 4.79 Å². The monoisotopic (exact) mass is 498 g/mol. The van der Waals surface area contributed by atoms with Crippen molar-refractivity contribution in [3.63, 3.8) is 0 Å². The van der Waals surface area contributed by atoms with Gasteiger partial charge in [0.25, 0.3) is 0 Å². The van der Waals surface area contributed by atoms with E-state index in [0.29, 0.717) is 24.1 Å². The molecule has 2 aromatic rings. The molecule has 0 unspecified atom stereocenters. The Balaban J connectivity index is 0.00000261. The van der Waals surface area contributed by atoms with Gasteiger partial charge in [-0.1, -0.05) is 48.0 Å². The van der Waals surface area contributed by atoms with E-state index in [-0.39, 0.29) is 36.4 Å². The number of hydrogen-bond acceptors (Lipinski definition) is 2. The minimum atomic E-state index is 0. The molecule has 0 aliphatic carbocycles. The van der Waals surface area contributed by atoms with E-state index in [1.165, 1.54) is 11.1 Å². The minimum Gasteiger partial charge on any atom is -0.352 e. The summed E-state index contributed by atoms with van der Waals surface area (Å²) in [7, 11) is 1.69. The second-order valence-corrected chi connectivity index (χ2v) is 6.68. The molecule has 0 atom stereocenters. The number of hydrogen-bond donors (Lipinski definition) is 2. The first kappa shape index (κ1) is 21.5. The smallest absolute Gasteiger partial charge is 0.242 e. The minimum absolute atomic E-state index is 0. The summed E-state index contributed by atoms with van der Waals surface area (Å²) in [4.78, 5) is 18.6. The normalized spacial score (nSPS) is 13.4. The first-order chi connectivity index (χ1) is 12.7. The summed E-state index contributed by atoms with van der Waals surface area (Å²) in [5.74, 6) is 0.668. The van der Waals surface area contributed by atoms with Crippen LogP contribution >= 0.6 is 35.6 Å². The van der Waals surface area contributed by atoms with Crippen molar-refractivity contribution >= 4 is 47.4 Å². The third-order valence-corrected chi connectivity index (χ3v) is 4.70. The quantitative estimate of drug-likeness (QED) is 0.387. The second kappa shape index (κ2) is 10.5. The first-order valence-corrected chi connectivity index (χ1v) is 9.07. The number of rotatable bonds is 4. The highest BCUT2D eigenvalue weighted by Crippen LogP contribution is 2.18. The Hall–Kier alpha value is -1.80. The average Bonchev–Trinajstić information content (AvgIpc) is 2.67. The second-order valence-electron chi connectivity index (χ2n) is 6.24. The van der Waals surface area contributed by atoms with Gasteiger partial charge in [0.05, 0.1) is 6.54 Å². The third-order valence-electron chi connectivity index (χ3n) is 4.46. The molecule has 7 heteroatoms. The maximum Gasteiger partial charge on any atom is 0.242 e. The molecular weight excluding hydrogens is 475 g/mol. The number of nitrogens with one attached hydrogen (secondary N) is 2. The van der Waals surface area contributed by atoms with E-state index in [4.69, 9.17) is 11.6 Å². The Morgan fingerprint density at radius 2 is 1.93 bits per heavy atom. The number of benzene rings is 2. The molecule has 0 radical (unpaired) electrons.